The summed E-state index contributed by atoms with van der Waals surface area (Å²) < 4.78 is 0. The molecule has 0 radical (unpaired) electrons. The molecule has 140 valence electrons. The molecule has 0 atom stereocenters. The van der Waals surface area contributed by atoms with Gasteiger partial charge in [0.1, 0.15) is 5.82 Å². The quantitative estimate of drug-likeness (QED) is 0.566. The summed E-state index contributed by atoms with van der Waals surface area (Å²) in [5, 5.41) is 6.67. The monoisotopic (exact) mass is 363 g/mol. The fourth-order valence-corrected chi connectivity index (χ4v) is 2.55. The first-order chi connectivity index (χ1) is 13.2. The first kappa shape index (κ1) is 18.7. The predicted molar refractivity (Wildman–Crippen MR) is 108 cm³/mol. The third-order valence-corrected chi connectivity index (χ3v) is 3.92. The van der Waals surface area contributed by atoms with E-state index in [2.05, 4.69) is 49.6 Å². The number of nitrogens with one attached hydrogen (secondary N) is 2. The zero-order valence-electron chi connectivity index (χ0n) is 15.8. The number of hydrogen-bond donors (Lipinski definition) is 2. The van der Waals surface area contributed by atoms with Crippen molar-refractivity contribution in [3.8, 4) is 11.4 Å². The Balaban J connectivity index is 1.75. The van der Waals surface area contributed by atoms with E-state index in [0.717, 1.165) is 42.3 Å². The number of hydrogen-bond acceptors (Lipinski definition) is 7. The number of rotatable bonds is 9. The second-order valence-corrected chi connectivity index (χ2v) is 6.48. The number of nitrogens with zero attached hydrogens (tertiary/aromatic N) is 5. The van der Waals surface area contributed by atoms with Crippen molar-refractivity contribution < 1.29 is 0 Å². The van der Waals surface area contributed by atoms with Crippen LogP contribution in [0.15, 0.2) is 55.0 Å². The molecule has 0 saturated heterocycles. The maximum atomic E-state index is 4.62. The van der Waals surface area contributed by atoms with Crippen LogP contribution in [0.1, 0.15) is 12.0 Å². The van der Waals surface area contributed by atoms with E-state index in [0.29, 0.717) is 12.5 Å². The molecule has 7 heteroatoms. The Morgan fingerprint density at radius 2 is 1.89 bits per heavy atom. The number of pyridine rings is 2. The van der Waals surface area contributed by atoms with Gasteiger partial charge in [0.15, 0.2) is 0 Å². The van der Waals surface area contributed by atoms with Crippen LogP contribution in [0.3, 0.4) is 0 Å². The SMILES string of the molecule is CN(C)CCCNc1nc(NCc2cccnc2)cc(-c2ccccn2)n1. The second-order valence-electron chi connectivity index (χ2n) is 6.48. The van der Waals surface area contributed by atoms with Crippen LogP contribution in [0.2, 0.25) is 0 Å². The Labute approximate surface area is 159 Å². The highest BCUT2D eigenvalue weighted by atomic mass is 15.1. The maximum Gasteiger partial charge on any atom is 0.225 e. The summed E-state index contributed by atoms with van der Waals surface area (Å²) in [4.78, 5) is 19.9. The van der Waals surface area contributed by atoms with Crippen molar-refractivity contribution in [2.75, 3.05) is 37.8 Å². The van der Waals surface area contributed by atoms with Crippen molar-refractivity contribution in [1.82, 2.24) is 24.8 Å². The van der Waals surface area contributed by atoms with E-state index in [1.54, 1.807) is 12.4 Å². The van der Waals surface area contributed by atoms with Crippen LogP contribution in [-0.2, 0) is 6.54 Å². The van der Waals surface area contributed by atoms with Crippen LogP contribution in [0.4, 0.5) is 11.8 Å². The molecule has 3 rings (SSSR count). The number of aromatic nitrogens is 4. The Bertz CT molecular complexity index is 822. The fourth-order valence-electron chi connectivity index (χ4n) is 2.55. The lowest BCUT2D eigenvalue weighted by molar-refractivity contribution is 0.405. The lowest BCUT2D eigenvalue weighted by Crippen LogP contribution is -2.17. The van der Waals surface area contributed by atoms with E-state index in [9.17, 15) is 0 Å². The van der Waals surface area contributed by atoms with Crippen molar-refractivity contribution in [2.45, 2.75) is 13.0 Å². The lowest BCUT2D eigenvalue weighted by Gasteiger charge is -2.12. The molecule has 0 amide bonds. The van der Waals surface area contributed by atoms with Crippen molar-refractivity contribution >= 4 is 11.8 Å². The molecule has 3 heterocycles. The Hall–Kier alpha value is -3.06. The second kappa shape index (κ2) is 9.59. The fraction of sp³-hybridized carbons (Fsp3) is 0.300. The highest BCUT2D eigenvalue weighted by molar-refractivity contribution is 5.60. The molecule has 0 aliphatic rings. The van der Waals surface area contributed by atoms with Crippen LogP contribution in [-0.4, -0.2) is 52.0 Å². The minimum absolute atomic E-state index is 0.602. The standard InChI is InChI=1S/C20H25N7/c1-27(2)12-6-11-23-20-25-18(17-8-3-4-10-22-17)13-19(26-20)24-15-16-7-5-9-21-14-16/h3-5,7-10,13-14H,6,11-12,15H2,1-2H3,(H2,23,24,25,26). The normalized spacial score (nSPS) is 10.8. The molecular weight excluding hydrogens is 338 g/mol. The van der Waals surface area contributed by atoms with E-state index in [-0.39, 0.29) is 0 Å². The molecule has 0 spiro atoms. The van der Waals surface area contributed by atoms with Crippen LogP contribution in [0.25, 0.3) is 11.4 Å². The Kier molecular flexibility index (Phi) is 6.65. The van der Waals surface area contributed by atoms with Crippen molar-refractivity contribution in [3.63, 3.8) is 0 Å². The van der Waals surface area contributed by atoms with E-state index in [4.69, 9.17) is 0 Å². The van der Waals surface area contributed by atoms with Gasteiger partial charge in [-0.25, -0.2) is 4.98 Å². The lowest BCUT2D eigenvalue weighted by atomic mass is 10.2. The molecule has 0 fully saturated rings. The van der Waals surface area contributed by atoms with E-state index in [1.165, 1.54) is 0 Å². The molecule has 0 aromatic carbocycles. The molecule has 0 aliphatic carbocycles. The maximum absolute atomic E-state index is 4.62. The molecule has 0 saturated carbocycles. The van der Waals surface area contributed by atoms with Gasteiger partial charge in [-0.15, -0.1) is 0 Å². The summed E-state index contributed by atoms with van der Waals surface area (Å²) in [6.07, 6.45) is 6.39. The molecular formula is C20H25N7. The van der Waals surface area contributed by atoms with Crippen LogP contribution < -0.4 is 10.6 Å². The van der Waals surface area contributed by atoms with Crippen molar-refractivity contribution in [1.29, 1.82) is 0 Å². The highest BCUT2D eigenvalue weighted by Crippen LogP contribution is 2.20. The van der Waals surface area contributed by atoms with Gasteiger partial charge >= 0.3 is 0 Å². The minimum atomic E-state index is 0.602. The number of anilines is 2. The average molecular weight is 363 g/mol. The molecule has 0 aliphatic heterocycles. The molecule has 2 N–H and O–H groups in total. The van der Waals surface area contributed by atoms with Gasteiger partial charge in [0, 0.05) is 37.7 Å². The zero-order chi connectivity index (χ0) is 18.9. The smallest absolute Gasteiger partial charge is 0.225 e. The van der Waals surface area contributed by atoms with Crippen LogP contribution in [0.5, 0.6) is 0 Å². The van der Waals surface area contributed by atoms with Crippen molar-refractivity contribution in [2.24, 2.45) is 0 Å². The van der Waals surface area contributed by atoms with Gasteiger partial charge in [-0.2, -0.15) is 4.98 Å². The largest absolute Gasteiger partial charge is 0.366 e. The molecule has 27 heavy (non-hydrogen) atoms. The summed E-state index contributed by atoms with van der Waals surface area (Å²) in [5.74, 6) is 1.36. The Morgan fingerprint density at radius 3 is 2.63 bits per heavy atom. The first-order valence-electron chi connectivity index (χ1n) is 9.02. The van der Waals surface area contributed by atoms with Gasteiger partial charge in [-0.1, -0.05) is 12.1 Å². The Morgan fingerprint density at radius 1 is 0.963 bits per heavy atom. The van der Waals surface area contributed by atoms with Gasteiger partial charge < -0.3 is 15.5 Å². The van der Waals surface area contributed by atoms with E-state index in [1.807, 2.05) is 42.6 Å². The molecule has 0 unspecified atom stereocenters. The van der Waals surface area contributed by atoms with Crippen molar-refractivity contribution in [3.05, 3.63) is 60.6 Å². The summed E-state index contributed by atoms with van der Waals surface area (Å²) >= 11 is 0. The molecule has 0 bridgehead atoms. The first-order valence-corrected chi connectivity index (χ1v) is 9.02. The van der Waals surface area contributed by atoms with Gasteiger partial charge in [0.2, 0.25) is 5.95 Å². The topological polar surface area (TPSA) is 78.9 Å². The molecule has 3 aromatic rings. The van der Waals surface area contributed by atoms with Gasteiger partial charge in [0.05, 0.1) is 11.4 Å². The van der Waals surface area contributed by atoms with Gasteiger partial charge in [-0.05, 0) is 50.8 Å². The zero-order valence-corrected chi connectivity index (χ0v) is 15.8. The predicted octanol–water partition coefficient (Wildman–Crippen LogP) is 2.91. The highest BCUT2D eigenvalue weighted by Gasteiger charge is 2.08. The minimum Gasteiger partial charge on any atom is -0.366 e. The van der Waals surface area contributed by atoms with Crippen LogP contribution >= 0.6 is 0 Å². The summed E-state index contributed by atoms with van der Waals surface area (Å²) in [6.45, 7) is 2.47. The third kappa shape index (κ3) is 6.00. The molecule has 7 nitrogen and oxygen atoms in total. The summed E-state index contributed by atoms with van der Waals surface area (Å²) in [7, 11) is 4.14. The third-order valence-electron chi connectivity index (χ3n) is 3.92. The van der Waals surface area contributed by atoms with E-state index >= 15 is 0 Å². The average Bonchev–Trinajstić information content (AvgIpc) is 2.71. The molecule has 3 aromatic heterocycles. The van der Waals surface area contributed by atoms with E-state index < -0.39 is 0 Å². The van der Waals surface area contributed by atoms with Gasteiger partial charge in [0.25, 0.3) is 0 Å². The van der Waals surface area contributed by atoms with Crippen LogP contribution in [0, 0.1) is 0 Å². The summed E-state index contributed by atoms with van der Waals surface area (Å²) in [5.41, 5.74) is 2.70. The summed E-state index contributed by atoms with van der Waals surface area (Å²) in [6, 6.07) is 11.7. The van der Waals surface area contributed by atoms with Gasteiger partial charge in [-0.3, -0.25) is 9.97 Å².